The van der Waals surface area contributed by atoms with E-state index in [0.29, 0.717) is 5.41 Å². The van der Waals surface area contributed by atoms with Crippen LogP contribution in [0.5, 0.6) is 0 Å². The van der Waals surface area contributed by atoms with Crippen LogP contribution in [-0.4, -0.2) is 36.6 Å². The van der Waals surface area contributed by atoms with E-state index in [2.05, 4.69) is 38.0 Å². The quantitative estimate of drug-likeness (QED) is 0.779. The minimum Gasteiger partial charge on any atom is -0.315 e. The highest BCUT2D eigenvalue weighted by Gasteiger charge is 2.41. The van der Waals surface area contributed by atoms with Crippen LogP contribution >= 0.6 is 0 Å². The molecule has 0 amide bonds. The number of nitrogens with one attached hydrogen (secondary N) is 1. The zero-order chi connectivity index (χ0) is 13.2. The van der Waals surface area contributed by atoms with Crippen molar-refractivity contribution in [3.05, 3.63) is 0 Å². The Morgan fingerprint density at radius 2 is 1.94 bits per heavy atom. The number of likely N-dealkylation sites (N-methyl/N-ethyl adjacent to an activating group) is 1. The molecule has 0 saturated heterocycles. The van der Waals surface area contributed by atoms with Crippen LogP contribution in [0.1, 0.15) is 65.7 Å². The van der Waals surface area contributed by atoms with E-state index in [1.54, 1.807) is 0 Å². The molecule has 0 bridgehead atoms. The highest BCUT2D eigenvalue weighted by Crippen LogP contribution is 2.41. The van der Waals surface area contributed by atoms with Crippen molar-refractivity contribution >= 4 is 0 Å². The smallest absolute Gasteiger partial charge is 0.0257 e. The van der Waals surface area contributed by atoms with Crippen molar-refractivity contribution in [3.8, 4) is 0 Å². The molecule has 0 aromatic heterocycles. The van der Waals surface area contributed by atoms with Gasteiger partial charge in [0.05, 0.1) is 0 Å². The van der Waals surface area contributed by atoms with Crippen molar-refractivity contribution < 1.29 is 0 Å². The third-order valence-corrected chi connectivity index (χ3v) is 4.94. The minimum atomic E-state index is 0.539. The lowest BCUT2D eigenvalue weighted by atomic mass is 9.72. The predicted molar refractivity (Wildman–Crippen MR) is 78.9 cm³/mol. The van der Waals surface area contributed by atoms with Gasteiger partial charge in [0.15, 0.2) is 0 Å². The molecule has 2 unspecified atom stereocenters. The molecule has 1 N–H and O–H groups in total. The van der Waals surface area contributed by atoms with Crippen LogP contribution in [0.25, 0.3) is 0 Å². The van der Waals surface area contributed by atoms with Gasteiger partial charge in [-0.3, -0.25) is 4.90 Å². The fourth-order valence-electron chi connectivity index (χ4n) is 3.60. The van der Waals surface area contributed by atoms with E-state index >= 15 is 0 Å². The summed E-state index contributed by atoms with van der Waals surface area (Å²) in [6, 6.07) is 2.40. The molecule has 2 nitrogen and oxygen atoms in total. The Kier molecular flexibility index (Phi) is 4.71. The van der Waals surface area contributed by atoms with Gasteiger partial charge < -0.3 is 5.32 Å². The Labute approximate surface area is 114 Å². The zero-order valence-electron chi connectivity index (χ0n) is 12.8. The Morgan fingerprint density at radius 3 is 2.50 bits per heavy atom. The van der Waals surface area contributed by atoms with Crippen molar-refractivity contribution in [2.45, 2.75) is 83.8 Å². The fraction of sp³-hybridized carbons (Fsp3) is 1.00. The maximum absolute atomic E-state index is 3.59. The summed E-state index contributed by atoms with van der Waals surface area (Å²) in [4.78, 5) is 2.85. The van der Waals surface area contributed by atoms with Gasteiger partial charge in [-0.1, -0.05) is 27.2 Å². The van der Waals surface area contributed by atoms with Gasteiger partial charge >= 0.3 is 0 Å². The van der Waals surface area contributed by atoms with Crippen LogP contribution in [0.2, 0.25) is 0 Å². The van der Waals surface area contributed by atoms with E-state index in [1.807, 2.05) is 0 Å². The van der Waals surface area contributed by atoms with Gasteiger partial charge in [0.1, 0.15) is 0 Å². The predicted octanol–water partition coefficient (Wildman–Crippen LogP) is 3.42. The molecule has 18 heavy (non-hydrogen) atoms. The molecular weight excluding hydrogens is 220 g/mol. The third-order valence-electron chi connectivity index (χ3n) is 4.94. The van der Waals surface area contributed by atoms with E-state index in [1.165, 1.54) is 51.5 Å². The van der Waals surface area contributed by atoms with E-state index in [0.717, 1.165) is 18.1 Å². The molecule has 0 aromatic carbocycles. The summed E-state index contributed by atoms with van der Waals surface area (Å²) in [5, 5.41) is 3.59. The molecule has 0 radical (unpaired) electrons. The normalized spacial score (nSPS) is 31.8. The van der Waals surface area contributed by atoms with Gasteiger partial charge in [-0.15, -0.1) is 0 Å². The molecule has 0 spiro atoms. The molecule has 0 aliphatic heterocycles. The monoisotopic (exact) mass is 252 g/mol. The number of hydrogen-bond acceptors (Lipinski definition) is 2. The molecule has 2 aliphatic rings. The van der Waals surface area contributed by atoms with Gasteiger partial charge in [-0.05, 0) is 57.5 Å². The Morgan fingerprint density at radius 1 is 1.22 bits per heavy atom. The van der Waals surface area contributed by atoms with E-state index in [-0.39, 0.29) is 0 Å². The Hall–Kier alpha value is -0.0800. The lowest BCUT2D eigenvalue weighted by Crippen LogP contribution is -2.54. The average molecular weight is 252 g/mol. The SMILES string of the molecule is CCCCN(C1CC1)C1CC(C)(C)CCC1NC. The molecule has 2 saturated carbocycles. The first kappa shape index (κ1) is 14.3. The number of nitrogens with zero attached hydrogens (tertiary/aromatic N) is 1. The first-order chi connectivity index (χ1) is 8.57. The molecule has 2 heteroatoms. The zero-order valence-corrected chi connectivity index (χ0v) is 12.8. The van der Waals surface area contributed by atoms with E-state index in [4.69, 9.17) is 0 Å². The fourth-order valence-corrected chi connectivity index (χ4v) is 3.60. The topological polar surface area (TPSA) is 15.3 Å². The van der Waals surface area contributed by atoms with E-state index < -0.39 is 0 Å². The number of unbranched alkanes of at least 4 members (excludes halogenated alkanes) is 1. The third kappa shape index (κ3) is 3.48. The summed E-state index contributed by atoms with van der Waals surface area (Å²) in [7, 11) is 2.15. The van der Waals surface area contributed by atoms with Crippen LogP contribution in [-0.2, 0) is 0 Å². The Bertz CT molecular complexity index is 258. The van der Waals surface area contributed by atoms with Crippen LogP contribution in [0.4, 0.5) is 0 Å². The summed E-state index contributed by atoms with van der Waals surface area (Å²) in [5.41, 5.74) is 0.539. The molecule has 2 aliphatic carbocycles. The summed E-state index contributed by atoms with van der Waals surface area (Å²) in [6.07, 6.45) is 9.67. The molecule has 2 atom stereocenters. The van der Waals surface area contributed by atoms with Gasteiger partial charge in [-0.25, -0.2) is 0 Å². The largest absolute Gasteiger partial charge is 0.315 e. The highest BCUT2D eigenvalue weighted by molar-refractivity contribution is 4.98. The lowest BCUT2D eigenvalue weighted by molar-refractivity contribution is 0.0607. The molecular formula is C16H32N2. The van der Waals surface area contributed by atoms with Gasteiger partial charge in [-0.2, -0.15) is 0 Å². The van der Waals surface area contributed by atoms with E-state index in [9.17, 15) is 0 Å². The van der Waals surface area contributed by atoms with Gasteiger partial charge in [0.2, 0.25) is 0 Å². The highest BCUT2D eigenvalue weighted by atomic mass is 15.2. The number of rotatable bonds is 6. The van der Waals surface area contributed by atoms with Crippen molar-refractivity contribution in [2.24, 2.45) is 5.41 Å². The van der Waals surface area contributed by atoms with Crippen LogP contribution < -0.4 is 5.32 Å². The maximum atomic E-state index is 3.59. The van der Waals surface area contributed by atoms with Crippen molar-refractivity contribution in [1.29, 1.82) is 0 Å². The first-order valence-electron chi connectivity index (χ1n) is 8.00. The molecule has 2 rings (SSSR count). The second-order valence-electron chi connectivity index (χ2n) is 7.19. The summed E-state index contributed by atoms with van der Waals surface area (Å²) in [5.74, 6) is 0. The second-order valence-corrected chi connectivity index (χ2v) is 7.19. The van der Waals surface area contributed by atoms with Crippen LogP contribution in [0.15, 0.2) is 0 Å². The van der Waals surface area contributed by atoms with Crippen molar-refractivity contribution in [3.63, 3.8) is 0 Å². The molecule has 0 heterocycles. The molecule has 2 fully saturated rings. The van der Waals surface area contributed by atoms with Crippen molar-refractivity contribution in [1.82, 2.24) is 10.2 Å². The minimum absolute atomic E-state index is 0.539. The summed E-state index contributed by atoms with van der Waals surface area (Å²) < 4.78 is 0. The number of hydrogen-bond donors (Lipinski definition) is 1. The Balaban J connectivity index is 2.03. The van der Waals surface area contributed by atoms with Crippen LogP contribution in [0, 0.1) is 5.41 Å². The maximum Gasteiger partial charge on any atom is 0.0257 e. The second kappa shape index (κ2) is 5.92. The first-order valence-corrected chi connectivity index (χ1v) is 8.00. The summed E-state index contributed by atoms with van der Waals surface area (Å²) in [6.45, 7) is 8.54. The van der Waals surface area contributed by atoms with Gasteiger partial charge in [0.25, 0.3) is 0 Å². The lowest BCUT2D eigenvalue weighted by Gasteiger charge is -2.46. The summed E-state index contributed by atoms with van der Waals surface area (Å²) >= 11 is 0. The van der Waals surface area contributed by atoms with Crippen LogP contribution in [0.3, 0.4) is 0 Å². The molecule has 0 aromatic rings. The van der Waals surface area contributed by atoms with Gasteiger partial charge in [0, 0.05) is 18.1 Å². The standard InChI is InChI=1S/C16H32N2/c1-5-6-11-18(13-7-8-13)15-12-16(2,3)10-9-14(15)17-4/h13-15,17H,5-12H2,1-4H3. The average Bonchev–Trinajstić information content (AvgIpc) is 3.13. The molecule has 106 valence electrons. The van der Waals surface area contributed by atoms with Crippen molar-refractivity contribution in [2.75, 3.05) is 13.6 Å².